The molecule has 1 saturated heterocycles. The second kappa shape index (κ2) is 7.63. The third-order valence-corrected chi connectivity index (χ3v) is 5.08. The molecule has 1 amide bonds. The van der Waals surface area contributed by atoms with Gasteiger partial charge in [0.05, 0.1) is 11.4 Å². The molecule has 0 spiro atoms. The van der Waals surface area contributed by atoms with Crippen LogP contribution in [0.25, 0.3) is 0 Å². The summed E-state index contributed by atoms with van der Waals surface area (Å²) in [5.74, 6) is 0.410. The highest BCUT2D eigenvalue weighted by molar-refractivity contribution is 9.10. The lowest BCUT2D eigenvalue weighted by Gasteiger charge is -2.35. The van der Waals surface area contributed by atoms with E-state index in [-0.39, 0.29) is 5.91 Å². The Hall–Kier alpha value is -0.560. The van der Waals surface area contributed by atoms with Gasteiger partial charge in [-0.2, -0.15) is 0 Å². The second-order valence-corrected chi connectivity index (χ2v) is 7.29. The fourth-order valence-electron chi connectivity index (χ4n) is 2.23. The van der Waals surface area contributed by atoms with Crippen molar-refractivity contribution in [3.63, 3.8) is 0 Å². The number of halogens is 1. The number of benzene rings is 1. The minimum Gasteiger partial charge on any atom is -0.388 e. The smallest absolute Gasteiger partial charge is 0.232 e. The molecule has 0 saturated carbocycles. The van der Waals surface area contributed by atoms with Crippen molar-refractivity contribution in [2.24, 2.45) is 0 Å². The van der Waals surface area contributed by atoms with E-state index in [1.165, 1.54) is 11.8 Å². The lowest BCUT2D eigenvalue weighted by atomic mass is 9.94. The first-order chi connectivity index (χ1) is 9.98. The molecule has 0 aliphatic carbocycles. The Morgan fingerprint density at radius 2 is 2.00 bits per heavy atom. The van der Waals surface area contributed by atoms with E-state index >= 15 is 0 Å². The quantitative estimate of drug-likeness (QED) is 0.805. The SMILES string of the molecule is CN(CC1(O)CCOCC1)C(=O)CSc1ccc(Br)cc1. The van der Waals surface area contributed by atoms with E-state index < -0.39 is 5.60 Å². The maximum Gasteiger partial charge on any atom is 0.232 e. The normalized spacial score (nSPS) is 17.5. The third-order valence-electron chi connectivity index (χ3n) is 3.56. The molecule has 2 rings (SSSR count). The lowest BCUT2D eigenvalue weighted by molar-refractivity contribution is -0.134. The van der Waals surface area contributed by atoms with Gasteiger partial charge in [0.1, 0.15) is 0 Å². The predicted octanol–water partition coefficient (Wildman–Crippen LogP) is 2.54. The Bertz CT molecular complexity index is 474. The summed E-state index contributed by atoms with van der Waals surface area (Å²) >= 11 is 4.90. The molecule has 6 heteroatoms. The molecule has 0 unspecified atom stereocenters. The minimum absolute atomic E-state index is 0.0304. The van der Waals surface area contributed by atoms with E-state index in [2.05, 4.69) is 15.9 Å². The molecule has 0 atom stereocenters. The van der Waals surface area contributed by atoms with Gasteiger partial charge < -0.3 is 14.7 Å². The number of carbonyl (C=O) groups excluding carboxylic acids is 1. The van der Waals surface area contributed by atoms with Gasteiger partial charge in [0.15, 0.2) is 0 Å². The zero-order valence-electron chi connectivity index (χ0n) is 12.0. The summed E-state index contributed by atoms with van der Waals surface area (Å²) in [6.07, 6.45) is 1.18. The van der Waals surface area contributed by atoms with Gasteiger partial charge in [-0.3, -0.25) is 4.79 Å². The molecule has 0 aromatic heterocycles. The van der Waals surface area contributed by atoms with Gasteiger partial charge in [-0.1, -0.05) is 15.9 Å². The van der Waals surface area contributed by atoms with Crippen molar-refractivity contribution in [3.05, 3.63) is 28.7 Å². The summed E-state index contributed by atoms with van der Waals surface area (Å²) in [6, 6.07) is 7.88. The average Bonchev–Trinajstić information content (AvgIpc) is 2.46. The number of carbonyl (C=O) groups is 1. The molecule has 1 aliphatic rings. The molecular formula is C15H20BrNO3S. The van der Waals surface area contributed by atoms with Crippen LogP contribution in [0.5, 0.6) is 0 Å². The van der Waals surface area contributed by atoms with Crippen LogP contribution >= 0.6 is 27.7 Å². The van der Waals surface area contributed by atoms with Crippen molar-refractivity contribution in [1.82, 2.24) is 4.90 Å². The van der Waals surface area contributed by atoms with Crippen LogP contribution < -0.4 is 0 Å². The van der Waals surface area contributed by atoms with E-state index in [4.69, 9.17) is 4.74 Å². The van der Waals surface area contributed by atoms with Crippen LogP contribution in [0.4, 0.5) is 0 Å². The van der Waals surface area contributed by atoms with Crippen LogP contribution in [-0.2, 0) is 9.53 Å². The average molecular weight is 374 g/mol. The molecule has 1 aliphatic heterocycles. The summed E-state index contributed by atoms with van der Waals surface area (Å²) in [7, 11) is 1.75. The van der Waals surface area contributed by atoms with E-state index in [9.17, 15) is 9.90 Å². The highest BCUT2D eigenvalue weighted by atomic mass is 79.9. The first-order valence-electron chi connectivity index (χ1n) is 6.91. The molecule has 116 valence electrons. The molecular weight excluding hydrogens is 354 g/mol. The standard InChI is InChI=1S/C15H20BrNO3S/c1-17(11-15(19)6-8-20-9-7-15)14(18)10-21-13-4-2-12(16)3-5-13/h2-5,19H,6-11H2,1H3. The highest BCUT2D eigenvalue weighted by Gasteiger charge is 2.32. The summed E-state index contributed by atoms with van der Waals surface area (Å²) < 4.78 is 6.28. The minimum atomic E-state index is -0.801. The Morgan fingerprint density at radius 3 is 2.62 bits per heavy atom. The van der Waals surface area contributed by atoms with E-state index in [0.29, 0.717) is 38.4 Å². The molecule has 1 aromatic carbocycles. The van der Waals surface area contributed by atoms with Crippen LogP contribution in [0.2, 0.25) is 0 Å². The Kier molecular flexibility index (Phi) is 6.10. The molecule has 21 heavy (non-hydrogen) atoms. The van der Waals surface area contributed by atoms with Gasteiger partial charge in [-0.25, -0.2) is 0 Å². The van der Waals surface area contributed by atoms with Gasteiger partial charge in [0.25, 0.3) is 0 Å². The number of nitrogens with zero attached hydrogens (tertiary/aromatic N) is 1. The zero-order valence-corrected chi connectivity index (χ0v) is 14.5. The van der Waals surface area contributed by atoms with Crippen molar-refractivity contribution >= 4 is 33.6 Å². The fraction of sp³-hybridized carbons (Fsp3) is 0.533. The number of likely N-dealkylation sites (N-methyl/N-ethyl adjacent to an activating group) is 1. The van der Waals surface area contributed by atoms with Gasteiger partial charge >= 0.3 is 0 Å². The molecule has 1 fully saturated rings. The molecule has 1 aromatic rings. The first-order valence-corrected chi connectivity index (χ1v) is 8.69. The molecule has 1 N–H and O–H groups in total. The summed E-state index contributed by atoms with van der Waals surface area (Å²) in [4.78, 5) is 14.8. The summed E-state index contributed by atoms with van der Waals surface area (Å²) in [6.45, 7) is 1.49. The van der Waals surface area contributed by atoms with Crippen LogP contribution in [0.1, 0.15) is 12.8 Å². The molecule has 0 radical (unpaired) electrons. The molecule has 0 bridgehead atoms. The topological polar surface area (TPSA) is 49.8 Å². The Morgan fingerprint density at radius 1 is 1.38 bits per heavy atom. The number of thioether (sulfide) groups is 1. The van der Waals surface area contributed by atoms with Crippen molar-refractivity contribution < 1.29 is 14.6 Å². The maximum atomic E-state index is 12.2. The van der Waals surface area contributed by atoms with Crippen LogP contribution in [0.3, 0.4) is 0 Å². The van der Waals surface area contributed by atoms with Crippen LogP contribution in [0, 0.1) is 0 Å². The monoisotopic (exact) mass is 373 g/mol. The Labute approximate surface area is 138 Å². The van der Waals surface area contributed by atoms with Crippen LogP contribution in [-0.4, -0.2) is 54.1 Å². The van der Waals surface area contributed by atoms with Gasteiger partial charge in [-0.15, -0.1) is 11.8 Å². The second-order valence-electron chi connectivity index (χ2n) is 5.33. The van der Waals surface area contributed by atoms with E-state index in [1.807, 2.05) is 24.3 Å². The van der Waals surface area contributed by atoms with Crippen molar-refractivity contribution in [2.45, 2.75) is 23.3 Å². The van der Waals surface area contributed by atoms with Crippen molar-refractivity contribution in [1.29, 1.82) is 0 Å². The van der Waals surface area contributed by atoms with Gasteiger partial charge in [0, 0.05) is 49.0 Å². The van der Waals surface area contributed by atoms with Crippen molar-refractivity contribution in [3.8, 4) is 0 Å². The molecule has 4 nitrogen and oxygen atoms in total. The largest absolute Gasteiger partial charge is 0.388 e. The predicted molar refractivity (Wildman–Crippen MR) is 87.5 cm³/mol. The number of rotatable bonds is 5. The van der Waals surface area contributed by atoms with E-state index in [1.54, 1.807) is 11.9 Å². The summed E-state index contributed by atoms with van der Waals surface area (Å²) in [5, 5.41) is 10.4. The highest BCUT2D eigenvalue weighted by Crippen LogP contribution is 2.23. The maximum absolute atomic E-state index is 12.2. The first kappa shape index (κ1) is 16.8. The number of aliphatic hydroxyl groups is 1. The Balaban J connectivity index is 1.80. The number of ether oxygens (including phenoxy) is 1. The summed E-state index contributed by atoms with van der Waals surface area (Å²) in [5.41, 5.74) is -0.801. The number of hydrogen-bond donors (Lipinski definition) is 1. The van der Waals surface area contributed by atoms with Crippen LogP contribution in [0.15, 0.2) is 33.6 Å². The fourth-order valence-corrected chi connectivity index (χ4v) is 3.33. The van der Waals surface area contributed by atoms with Gasteiger partial charge in [-0.05, 0) is 24.3 Å². The van der Waals surface area contributed by atoms with Gasteiger partial charge in [0.2, 0.25) is 5.91 Å². The third kappa shape index (κ3) is 5.29. The number of amides is 1. The van der Waals surface area contributed by atoms with E-state index in [0.717, 1.165) is 9.37 Å². The number of hydrogen-bond acceptors (Lipinski definition) is 4. The van der Waals surface area contributed by atoms with Crippen molar-refractivity contribution in [2.75, 3.05) is 32.6 Å². The zero-order chi connectivity index (χ0) is 15.3. The lowest BCUT2D eigenvalue weighted by Crippen LogP contribution is -2.47. The molecule has 1 heterocycles.